The fourth-order valence-corrected chi connectivity index (χ4v) is 4.03. The van der Waals surface area contributed by atoms with Crippen LogP contribution in [-0.4, -0.2) is 37.7 Å². The van der Waals surface area contributed by atoms with E-state index < -0.39 is 15.6 Å². The fourth-order valence-electron chi connectivity index (χ4n) is 1.38. The Morgan fingerprint density at radius 1 is 1.42 bits per heavy atom. The molecule has 0 aliphatic carbocycles. The first-order valence-electron chi connectivity index (χ1n) is 5.34. The van der Waals surface area contributed by atoms with Crippen LogP contribution in [0.25, 0.3) is 0 Å². The SMILES string of the molecule is CSCC(C)(O)CNS(=O)(=O)c1cccc(Cl)c1Cl. The molecule has 0 aliphatic heterocycles. The van der Waals surface area contributed by atoms with Gasteiger partial charge in [0, 0.05) is 12.3 Å². The van der Waals surface area contributed by atoms with E-state index in [9.17, 15) is 13.5 Å². The minimum absolute atomic E-state index is 0.0267. The van der Waals surface area contributed by atoms with E-state index in [0.717, 1.165) is 0 Å². The van der Waals surface area contributed by atoms with E-state index in [-0.39, 0.29) is 21.5 Å². The zero-order valence-corrected chi connectivity index (χ0v) is 13.6. The highest BCUT2D eigenvalue weighted by Crippen LogP contribution is 2.28. The van der Waals surface area contributed by atoms with E-state index in [1.165, 1.54) is 30.0 Å². The van der Waals surface area contributed by atoms with Crippen LogP contribution in [0.1, 0.15) is 6.92 Å². The van der Waals surface area contributed by atoms with Crippen molar-refractivity contribution in [1.29, 1.82) is 0 Å². The van der Waals surface area contributed by atoms with Crippen molar-refractivity contribution in [3.05, 3.63) is 28.2 Å². The second-order valence-electron chi connectivity index (χ2n) is 4.31. The lowest BCUT2D eigenvalue weighted by atomic mass is 10.1. The second kappa shape index (κ2) is 6.65. The molecule has 0 saturated heterocycles. The van der Waals surface area contributed by atoms with Crippen molar-refractivity contribution in [3.8, 4) is 0 Å². The molecule has 19 heavy (non-hydrogen) atoms. The third-order valence-electron chi connectivity index (χ3n) is 2.30. The number of rotatable bonds is 6. The van der Waals surface area contributed by atoms with Gasteiger partial charge in [-0.15, -0.1) is 0 Å². The van der Waals surface area contributed by atoms with E-state index in [0.29, 0.717) is 5.75 Å². The Hall–Kier alpha value is 0.0200. The Balaban J connectivity index is 2.91. The molecule has 1 aromatic rings. The van der Waals surface area contributed by atoms with Gasteiger partial charge in [-0.25, -0.2) is 13.1 Å². The normalized spacial score (nSPS) is 15.2. The maximum atomic E-state index is 12.1. The van der Waals surface area contributed by atoms with Gasteiger partial charge in [0.1, 0.15) is 4.90 Å². The zero-order chi connectivity index (χ0) is 14.7. The van der Waals surface area contributed by atoms with Gasteiger partial charge >= 0.3 is 0 Å². The van der Waals surface area contributed by atoms with Gasteiger partial charge in [-0.2, -0.15) is 11.8 Å². The number of halogens is 2. The van der Waals surface area contributed by atoms with Crippen molar-refractivity contribution >= 4 is 45.0 Å². The number of thioether (sulfide) groups is 1. The smallest absolute Gasteiger partial charge is 0.242 e. The van der Waals surface area contributed by atoms with Crippen molar-refractivity contribution < 1.29 is 13.5 Å². The molecule has 1 aromatic carbocycles. The molecule has 8 heteroatoms. The van der Waals surface area contributed by atoms with Gasteiger partial charge in [-0.3, -0.25) is 0 Å². The summed E-state index contributed by atoms with van der Waals surface area (Å²) in [4.78, 5) is -0.0957. The highest BCUT2D eigenvalue weighted by Gasteiger charge is 2.25. The van der Waals surface area contributed by atoms with Gasteiger partial charge in [-0.05, 0) is 25.3 Å². The van der Waals surface area contributed by atoms with Gasteiger partial charge in [-0.1, -0.05) is 29.3 Å². The molecule has 1 atom stereocenters. The third-order valence-corrected chi connectivity index (χ3v) is 5.59. The van der Waals surface area contributed by atoms with E-state index in [1.807, 2.05) is 6.26 Å². The number of sulfonamides is 1. The van der Waals surface area contributed by atoms with E-state index >= 15 is 0 Å². The van der Waals surface area contributed by atoms with Crippen LogP contribution in [0.3, 0.4) is 0 Å². The number of benzene rings is 1. The van der Waals surface area contributed by atoms with Gasteiger partial charge < -0.3 is 5.11 Å². The molecule has 1 rings (SSSR count). The molecular formula is C11H15Cl2NO3S2. The molecule has 0 fully saturated rings. The second-order valence-corrected chi connectivity index (χ2v) is 7.69. The van der Waals surface area contributed by atoms with Crippen molar-refractivity contribution in [1.82, 2.24) is 4.72 Å². The van der Waals surface area contributed by atoms with Crippen LogP contribution in [-0.2, 0) is 10.0 Å². The third kappa shape index (κ3) is 4.81. The Kier molecular flexibility index (Phi) is 5.97. The summed E-state index contributed by atoms with van der Waals surface area (Å²) in [5.74, 6) is 0.415. The van der Waals surface area contributed by atoms with Crippen LogP contribution in [0.2, 0.25) is 10.0 Å². The zero-order valence-electron chi connectivity index (χ0n) is 10.5. The Bertz CT molecular complexity index is 547. The fraction of sp³-hybridized carbons (Fsp3) is 0.455. The first kappa shape index (κ1) is 17.1. The van der Waals surface area contributed by atoms with Crippen molar-refractivity contribution in [3.63, 3.8) is 0 Å². The first-order valence-corrected chi connectivity index (χ1v) is 8.98. The van der Waals surface area contributed by atoms with E-state index in [1.54, 1.807) is 6.92 Å². The maximum Gasteiger partial charge on any atom is 0.242 e. The molecule has 0 aromatic heterocycles. The molecule has 0 saturated carbocycles. The summed E-state index contributed by atoms with van der Waals surface area (Å²) in [6.07, 6.45) is 1.83. The molecule has 0 bridgehead atoms. The predicted molar refractivity (Wildman–Crippen MR) is 80.7 cm³/mol. The van der Waals surface area contributed by atoms with Crippen molar-refractivity contribution in [2.75, 3.05) is 18.6 Å². The highest BCUT2D eigenvalue weighted by atomic mass is 35.5. The molecule has 0 aliphatic rings. The Morgan fingerprint density at radius 2 is 2.05 bits per heavy atom. The monoisotopic (exact) mass is 343 g/mol. The molecule has 4 nitrogen and oxygen atoms in total. The lowest BCUT2D eigenvalue weighted by molar-refractivity contribution is 0.0908. The molecule has 108 valence electrons. The lowest BCUT2D eigenvalue weighted by Gasteiger charge is -2.22. The largest absolute Gasteiger partial charge is 0.388 e. The van der Waals surface area contributed by atoms with Crippen LogP contribution >= 0.6 is 35.0 Å². The molecule has 0 spiro atoms. The summed E-state index contributed by atoms with van der Waals surface area (Å²) in [6.45, 7) is 1.46. The van der Waals surface area contributed by atoms with E-state index in [4.69, 9.17) is 23.2 Å². The van der Waals surface area contributed by atoms with Gasteiger partial charge in [0.15, 0.2) is 0 Å². The van der Waals surface area contributed by atoms with Gasteiger partial charge in [0.25, 0.3) is 0 Å². The Labute approximate surface area is 127 Å². The summed E-state index contributed by atoms with van der Waals surface area (Å²) in [7, 11) is -3.80. The molecule has 1 unspecified atom stereocenters. The minimum Gasteiger partial charge on any atom is -0.388 e. The van der Waals surface area contributed by atoms with Gasteiger partial charge in [0.2, 0.25) is 10.0 Å². The van der Waals surface area contributed by atoms with Crippen LogP contribution in [0.5, 0.6) is 0 Å². The molecule has 2 N–H and O–H groups in total. The first-order chi connectivity index (χ1) is 8.69. The Morgan fingerprint density at radius 3 is 2.63 bits per heavy atom. The van der Waals surface area contributed by atoms with Crippen LogP contribution in [0.15, 0.2) is 23.1 Å². The molecular weight excluding hydrogens is 329 g/mol. The number of aliphatic hydroxyl groups is 1. The van der Waals surface area contributed by atoms with E-state index in [2.05, 4.69) is 4.72 Å². The lowest BCUT2D eigenvalue weighted by Crippen LogP contribution is -2.42. The average Bonchev–Trinajstić information content (AvgIpc) is 2.30. The number of nitrogens with one attached hydrogen (secondary N) is 1. The van der Waals surface area contributed by atoms with Crippen molar-refractivity contribution in [2.24, 2.45) is 0 Å². The molecule has 0 amide bonds. The average molecular weight is 344 g/mol. The van der Waals surface area contributed by atoms with Crippen molar-refractivity contribution in [2.45, 2.75) is 17.4 Å². The number of hydrogen-bond donors (Lipinski definition) is 2. The summed E-state index contributed by atoms with van der Waals surface area (Å²) in [5.41, 5.74) is -1.13. The topological polar surface area (TPSA) is 66.4 Å². The minimum atomic E-state index is -3.80. The summed E-state index contributed by atoms with van der Waals surface area (Å²) >= 11 is 13.1. The standard InChI is InChI=1S/C11H15Cl2NO3S2/c1-11(15,7-18-2)6-14-19(16,17)9-5-3-4-8(12)10(9)13/h3-5,14-15H,6-7H2,1-2H3. The number of hydrogen-bond acceptors (Lipinski definition) is 4. The van der Waals surface area contributed by atoms with Crippen LogP contribution in [0, 0.1) is 0 Å². The maximum absolute atomic E-state index is 12.1. The predicted octanol–water partition coefficient (Wildman–Crippen LogP) is 2.39. The molecule has 0 heterocycles. The molecule has 0 radical (unpaired) electrons. The quantitative estimate of drug-likeness (QED) is 0.832. The van der Waals surface area contributed by atoms with Gasteiger partial charge in [0.05, 0.1) is 15.6 Å². The highest BCUT2D eigenvalue weighted by molar-refractivity contribution is 7.98. The van der Waals surface area contributed by atoms with Crippen LogP contribution < -0.4 is 4.72 Å². The summed E-state index contributed by atoms with van der Waals surface area (Å²) in [6, 6.07) is 4.37. The summed E-state index contributed by atoms with van der Waals surface area (Å²) in [5, 5.41) is 10.1. The summed E-state index contributed by atoms with van der Waals surface area (Å²) < 4.78 is 26.5. The van der Waals surface area contributed by atoms with Crippen LogP contribution in [0.4, 0.5) is 0 Å².